The van der Waals surface area contributed by atoms with Crippen LogP contribution in [0.3, 0.4) is 0 Å². The van der Waals surface area contributed by atoms with Gasteiger partial charge in [-0.3, -0.25) is 4.68 Å². The Labute approximate surface area is 328 Å². The molecule has 56 heavy (non-hydrogen) atoms. The van der Waals surface area contributed by atoms with E-state index in [-0.39, 0.29) is 74.4 Å². The molecule has 0 aliphatic heterocycles. The van der Waals surface area contributed by atoms with Gasteiger partial charge >= 0.3 is 30.1 Å². The van der Waals surface area contributed by atoms with Gasteiger partial charge in [0.05, 0.1) is 61.7 Å². The third kappa shape index (κ3) is 10.2. The average molecular weight is 874 g/mol. The number of halogens is 6. The molecule has 16 nitrogen and oxygen atoms in total. The monoisotopic (exact) mass is 872 g/mol. The fourth-order valence-corrected chi connectivity index (χ4v) is 5.51. The molecule has 0 saturated carbocycles. The van der Waals surface area contributed by atoms with Crippen molar-refractivity contribution >= 4 is 39.5 Å². The molecule has 0 spiro atoms. The van der Waals surface area contributed by atoms with Crippen molar-refractivity contribution in [2.45, 2.75) is 26.1 Å². The molecule has 5 rings (SSSR count). The Morgan fingerprint density at radius 2 is 1.30 bits per heavy atom. The van der Waals surface area contributed by atoms with Crippen LogP contribution in [0, 0.1) is 5.82 Å². The number of esters is 1. The zero-order valence-electron chi connectivity index (χ0n) is 30.2. The summed E-state index contributed by atoms with van der Waals surface area (Å²) in [5.74, 6) is -2.55. The summed E-state index contributed by atoms with van der Waals surface area (Å²) in [5.41, 5.74) is -2.17. The van der Waals surface area contributed by atoms with E-state index < -0.39 is 40.2 Å². The lowest BCUT2D eigenvalue weighted by Gasteiger charge is -2.13. The molecule has 0 saturated heterocycles. The minimum absolute atomic E-state index is 0.0878. The van der Waals surface area contributed by atoms with E-state index in [4.69, 9.17) is 44.8 Å². The quantitative estimate of drug-likeness (QED) is 0.0943. The van der Waals surface area contributed by atoms with Gasteiger partial charge in [0, 0.05) is 12.6 Å². The maximum Gasteiger partial charge on any atom is 0.434 e. The van der Waals surface area contributed by atoms with E-state index in [9.17, 15) is 32.3 Å². The highest BCUT2D eigenvalue weighted by molar-refractivity contribution is 9.10. The third-order valence-electron chi connectivity index (χ3n) is 6.89. The van der Waals surface area contributed by atoms with Crippen LogP contribution < -0.4 is 28.4 Å². The van der Waals surface area contributed by atoms with E-state index in [1.165, 1.54) is 58.8 Å². The molecule has 0 fully saturated rings. The van der Waals surface area contributed by atoms with Gasteiger partial charge in [-0.15, -0.1) is 0 Å². The second-order valence-corrected chi connectivity index (χ2v) is 12.2. The average Bonchev–Trinajstić information content (AvgIpc) is 3.44. The van der Waals surface area contributed by atoms with Crippen molar-refractivity contribution in [3.63, 3.8) is 0 Å². The summed E-state index contributed by atoms with van der Waals surface area (Å²) in [4.78, 5) is 40.1. The number of hydrogen-bond acceptors (Lipinski definition) is 14. The van der Waals surface area contributed by atoms with Gasteiger partial charge < -0.3 is 38.3 Å². The van der Waals surface area contributed by atoms with Crippen LogP contribution in [-0.4, -0.2) is 81.3 Å². The normalized spacial score (nSPS) is 11.0. The first-order chi connectivity index (χ1) is 26.4. The van der Waals surface area contributed by atoms with Crippen LogP contribution in [0.2, 0.25) is 5.02 Å². The predicted octanol–water partition coefficient (Wildman–Crippen LogP) is 7.81. The van der Waals surface area contributed by atoms with Crippen molar-refractivity contribution in [3.8, 4) is 58.3 Å². The number of methoxy groups -OCH3 is 4. The largest absolute Gasteiger partial charge is 0.481 e. The second-order valence-electron chi connectivity index (χ2n) is 11.0. The summed E-state index contributed by atoms with van der Waals surface area (Å²) >= 11 is 8.67. The summed E-state index contributed by atoms with van der Waals surface area (Å²) in [7, 11) is 6.71. The second kappa shape index (κ2) is 18.1. The first-order valence-electron chi connectivity index (χ1n) is 15.6. The number of ether oxygens (including phenoxy) is 7. The first kappa shape index (κ1) is 42.8. The van der Waals surface area contributed by atoms with Gasteiger partial charge in [-0.1, -0.05) is 17.7 Å². The molecule has 0 amide bonds. The summed E-state index contributed by atoms with van der Waals surface area (Å²) in [6.07, 6.45) is -5.14. The lowest BCUT2D eigenvalue weighted by Crippen LogP contribution is -2.12. The number of aromatic nitrogens is 6. The van der Waals surface area contributed by atoms with E-state index in [0.717, 1.165) is 19.2 Å². The van der Waals surface area contributed by atoms with Crippen molar-refractivity contribution in [2.75, 3.05) is 28.4 Å². The molecule has 5 aromatic rings. The minimum Gasteiger partial charge on any atom is -0.481 e. The Bertz CT molecular complexity index is 2120. The number of carboxylic acids is 1. The lowest BCUT2D eigenvalue weighted by atomic mass is 10.1. The number of benzene rings is 2. The van der Waals surface area contributed by atoms with Crippen molar-refractivity contribution < 1.29 is 65.4 Å². The Balaban J connectivity index is 0.000000255. The van der Waals surface area contributed by atoms with E-state index in [1.807, 2.05) is 0 Å². The van der Waals surface area contributed by atoms with Crippen LogP contribution in [0.1, 0.15) is 40.3 Å². The summed E-state index contributed by atoms with van der Waals surface area (Å²) < 4.78 is 90.1. The Morgan fingerprint density at radius 1 is 0.839 bits per heavy atom. The van der Waals surface area contributed by atoms with Gasteiger partial charge in [0.15, 0.2) is 5.69 Å². The lowest BCUT2D eigenvalue weighted by molar-refractivity contribution is -0.144. The molecule has 0 aliphatic rings. The molecule has 3 aromatic heterocycles. The molecule has 22 heteroatoms. The van der Waals surface area contributed by atoms with Crippen molar-refractivity contribution in [2.24, 2.45) is 7.05 Å². The SMILES string of the molecule is CC(C)OC(=O)c1cc(-c2nn(C)c(C(F)(F)F)c2Br)c(F)cc1Cl.COc1cc(OC)nc(Oc2cccc(Oc3nc(OC)cc(OC)n3)c2C(=O)O)n1. The third-order valence-corrected chi connectivity index (χ3v) is 7.95. The maximum absolute atomic E-state index is 14.3. The van der Waals surface area contributed by atoms with Gasteiger partial charge in [0.2, 0.25) is 23.5 Å². The van der Waals surface area contributed by atoms with Crippen molar-refractivity contribution in [1.82, 2.24) is 29.7 Å². The molecule has 0 unspecified atom stereocenters. The standard InChI is InChI=1S/C19H18N4O8.C15H12BrClF4N2O2/c1-26-12-8-13(27-2)21-18(20-12)30-10-6-5-7-11(16(10)17(24)25)31-19-22-14(28-3)9-15(23-19)29-4;1-6(2)25-14(24)7-4-8(10(18)5-9(7)17)12-11(16)13(15(19,20)21)23(3)22-12/h5-9H,1-4H3,(H,24,25);4-6H,1-3H3. The van der Waals surface area contributed by atoms with Crippen molar-refractivity contribution in [3.05, 3.63) is 74.6 Å². The molecule has 0 aliphatic carbocycles. The number of carboxylic acid groups (broad SMARTS) is 1. The van der Waals surface area contributed by atoms with Crippen LogP contribution in [0.4, 0.5) is 17.6 Å². The number of aromatic carboxylic acids is 1. The maximum atomic E-state index is 14.3. The molecule has 0 radical (unpaired) electrons. The van der Waals surface area contributed by atoms with Gasteiger partial charge in [-0.2, -0.15) is 38.2 Å². The Kier molecular flexibility index (Phi) is 13.8. The van der Waals surface area contributed by atoms with Crippen LogP contribution >= 0.6 is 27.5 Å². The number of alkyl halides is 3. The smallest absolute Gasteiger partial charge is 0.434 e. The molecule has 1 N–H and O–H groups in total. The molecule has 2 aromatic carbocycles. The van der Waals surface area contributed by atoms with Gasteiger partial charge in [0.25, 0.3) is 0 Å². The van der Waals surface area contributed by atoms with Crippen LogP contribution in [-0.2, 0) is 18.0 Å². The highest BCUT2D eigenvalue weighted by Crippen LogP contribution is 2.41. The molecule has 0 atom stereocenters. The molecule has 3 heterocycles. The van der Waals surface area contributed by atoms with E-state index in [2.05, 4.69) is 41.0 Å². The van der Waals surface area contributed by atoms with Gasteiger partial charge in [-0.05, 0) is 54.0 Å². The fourth-order valence-electron chi connectivity index (χ4n) is 4.51. The number of carbonyl (C=O) groups is 2. The van der Waals surface area contributed by atoms with E-state index >= 15 is 0 Å². The molecule has 0 bridgehead atoms. The zero-order chi connectivity index (χ0) is 41.5. The number of rotatable bonds is 12. The number of nitrogens with zero attached hydrogens (tertiary/aromatic N) is 6. The fraction of sp³-hybridized carbons (Fsp3) is 0.265. The number of aryl methyl sites for hydroxylation is 1. The number of hydrogen-bond donors (Lipinski definition) is 1. The van der Waals surface area contributed by atoms with Crippen LogP contribution in [0.5, 0.6) is 47.0 Å². The molecule has 298 valence electrons. The highest BCUT2D eigenvalue weighted by atomic mass is 79.9. The predicted molar refractivity (Wildman–Crippen MR) is 191 cm³/mol. The van der Waals surface area contributed by atoms with E-state index in [0.29, 0.717) is 4.68 Å². The highest BCUT2D eigenvalue weighted by Gasteiger charge is 2.39. The zero-order valence-corrected chi connectivity index (χ0v) is 32.5. The first-order valence-corrected chi connectivity index (χ1v) is 16.7. The van der Waals surface area contributed by atoms with Gasteiger partial charge in [-0.25, -0.2) is 14.0 Å². The Morgan fingerprint density at radius 3 is 1.68 bits per heavy atom. The minimum atomic E-state index is -4.69. The van der Waals surface area contributed by atoms with Crippen LogP contribution in [0.25, 0.3) is 11.3 Å². The summed E-state index contributed by atoms with van der Waals surface area (Å²) in [5, 5.41) is 13.3. The summed E-state index contributed by atoms with van der Waals surface area (Å²) in [6.45, 7) is 3.22. The van der Waals surface area contributed by atoms with E-state index in [1.54, 1.807) is 13.8 Å². The van der Waals surface area contributed by atoms with Crippen LogP contribution in [0.15, 0.2) is 46.9 Å². The van der Waals surface area contributed by atoms with Gasteiger partial charge in [0.1, 0.15) is 28.6 Å². The Hall–Kier alpha value is -5.96. The molecular weight excluding hydrogens is 844 g/mol. The van der Waals surface area contributed by atoms with Crippen molar-refractivity contribution in [1.29, 1.82) is 0 Å². The topological polar surface area (TPSA) is 188 Å². The number of carbonyl (C=O) groups excluding carboxylic acids is 1. The summed E-state index contributed by atoms with van der Waals surface area (Å²) in [6, 6.07) is 8.72. The molecular formula is C34H30BrClF4N6O10.